The van der Waals surface area contributed by atoms with Crippen molar-refractivity contribution in [2.24, 2.45) is 0 Å². The van der Waals surface area contributed by atoms with Gasteiger partial charge in [-0.05, 0) is 42.0 Å². The number of nitrogens with one attached hydrogen (secondary N) is 1. The Balaban J connectivity index is 1.65. The predicted molar refractivity (Wildman–Crippen MR) is 106 cm³/mol. The van der Waals surface area contributed by atoms with Gasteiger partial charge in [0.25, 0.3) is 0 Å². The van der Waals surface area contributed by atoms with Crippen LogP contribution in [0, 0.1) is 0 Å². The van der Waals surface area contributed by atoms with Crippen molar-refractivity contribution in [2.45, 2.75) is 12.6 Å². The predicted octanol–water partition coefficient (Wildman–Crippen LogP) is 4.79. The quantitative estimate of drug-likeness (QED) is 0.709. The number of aromatic nitrogens is 1. The Labute approximate surface area is 163 Å². The summed E-state index contributed by atoms with van der Waals surface area (Å²) in [6, 6.07) is 18.8. The lowest BCUT2D eigenvalue weighted by Crippen LogP contribution is -2.44. The van der Waals surface area contributed by atoms with Crippen LogP contribution in [0.4, 0.5) is 10.5 Å². The van der Waals surface area contributed by atoms with Crippen molar-refractivity contribution in [1.29, 1.82) is 0 Å². The highest BCUT2D eigenvalue weighted by atomic mass is 35.5. The largest absolute Gasteiger partial charge is 0.497 e. The maximum absolute atomic E-state index is 13.1. The summed E-state index contributed by atoms with van der Waals surface area (Å²) >= 11 is 6.05. The standard InChI is InChI=1S/C21H20ClN3O2/c1-27-18-5-2-4-17(14-18)23-21(26)25-13-12-24-11-3-6-19(24)20(25)15-7-9-16(22)10-8-15/h2-11,14,20H,12-13H2,1H3,(H,23,26). The van der Waals surface area contributed by atoms with E-state index in [1.165, 1.54) is 0 Å². The molecule has 0 radical (unpaired) electrons. The molecule has 0 fully saturated rings. The minimum absolute atomic E-state index is 0.143. The van der Waals surface area contributed by atoms with E-state index in [9.17, 15) is 4.79 Å². The second-order valence-electron chi connectivity index (χ2n) is 6.44. The Morgan fingerprint density at radius 2 is 1.93 bits per heavy atom. The van der Waals surface area contributed by atoms with Crippen molar-refractivity contribution in [3.63, 3.8) is 0 Å². The highest BCUT2D eigenvalue weighted by Crippen LogP contribution is 2.33. The lowest BCUT2D eigenvalue weighted by molar-refractivity contribution is 0.182. The number of carbonyl (C=O) groups is 1. The monoisotopic (exact) mass is 381 g/mol. The first-order valence-electron chi connectivity index (χ1n) is 8.78. The van der Waals surface area contributed by atoms with Crippen molar-refractivity contribution in [3.8, 4) is 5.75 Å². The molecule has 138 valence electrons. The Morgan fingerprint density at radius 1 is 1.11 bits per heavy atom. The van der Waals surface area contributed by atoms with Crippen LogP contribution in [0.2, 0.25) is 5.02 Å². The van der Waals surface area contributed by atoms with Gasteiger partial charge in [0.05, 0.1) is 13.2 Å². The van der Waals surface area contributed by atoms with Crippen LogP contribution in [-0.4, -0.2) is 29.2 Å². The highest BCUT2D eigenvalue weighted by molar-refractivity contribution is 6.30. The van der Waals surface area contributed by atoms with E-state index < -0.39 is 0 Å². The lowest BCUT2D eigenvalue weighted by atomic mass is 10.0. The van der Waals surface area contributed by atoms with Gasteiger partial charge >= 0.3 is 6.03 Å². The minimum Gasteiger partial charge on any atom is -0.497 e. The molecular formula is C21H20ClN3O2. The Hall–Kier alpha value is -2.92. The van der Waals surface area contributed by atoms with E-state index >= 15 is 0 Å². The van der Waals surface area contributed by atoms with Crippen molar-refractivity contribution in [1.82, 2.24) is 9.47 Å². The van der Waals surface area contributed by atoms with E-state index in [2.05, 4.69) is 22.1 Å². The number of ether oxygens (including phenoxy) is 1. The number of hydrogen-bond donors (Lipinski definition) is 1. The van der Waals surface area contributed by atoms with Crippen LogP contribution in [0.25, 0.3) is 0 Å². The van der Waals surface area contributed by atoms with Gasteiger partial charge < -0.3 is 19.5 Å². The smallest absolute Gasteiger partial charge is 0.322 e. The summed E-state index contributed by atoms with van der Waals surface area (Å²) in [7, 11) is 1.61. The van der Waals surface area contributed by atoms with Gasteiger partial charge in [-0.3, -0.25) is 0 Å². The molecule has 4 rings (SSSR count). The molecule has 1 unspecified atom stereocenters. The molecule has 1 aromatic heterocycles. The van der Waals surface area contributed by atoms with Gasteiger partial charge in [0.15, 0.2) is 0 Å². The second-order valence-corrected chi connectivity index (χ2v) is 6.87. The number of methoxy groups -OCH3 is 1. The van der Waals surface area contributed by atoms with Crippen LogP contribution < -0.4 is 10.1 Å². The molecule has 1 atom stereocenters. The summed E-state index contributed by atoms with van der Waals surface area (Å²) in [5.41, 5.74) is 2.82. The van der Waals surface area contributed by atoms with Gasteiger partial charge in [-0.25, -0.2) is 4.79 Å². The van der Waals surface area contributed by atoms with Gasteiger partial charge in [0.1, 0.15) is 5.75 Å². The van der Waals surface area contributed by atoms with E-state index in [1.807, 2.05) is 59.5 Å². The summed E-state index contributed by atoms with van der Waals surface area (Å²) in [6.45, 7) is 1.38. The maximum Gasteiger partial charge on any atom is 0.322 e. The molecule has 3 aromatic rings. The fourth-order valence-electron chi connectivity index (χ4n) is 3.49. The first-order chi connectivity index (χ1) is 13.2. The third-order valence-corrected chi connectivity index (χ3v) is 5.06. The first-order valence-corrected chi connectivity index (χ1v) is 9.15. The van der Waals surface area contributed by atoms with Gasteiger partial charge in [0, 0.05) is 41.8 Å². The van der Waals surface area contributed by atoms with E-state index in [4.69, 9.17) is 16.3 Å². The number of anilines is 1. The van der Waals surface area contributed by atoms with E-state index in [0.29, 0.717) is 23.0 Å². The number of carbonyl (C=O) groups excluding carboxylic acids is 1. The average Bonchev–Trinajstić information content (AvgIpc) is 3.17. The third-order valence-electron chi connectivity index (χ3n) is 4.81. The van der Waals surface area contributed by atoms with Crippen LogP contribution in [0.3, 0.4) is 0 Å². The van der Waals surface area contributed by atoms with E-state index in [1.54, 1.807) is 7.11 Å². The van der Waals surface area contributed by atoms with Crippen LogP contribution >= 0.6 is 11.6 Å². The normalized spacial score (nSPS) is 15.9. The van der Waals surface area contributed by atoms with Crippen molar-refractivity contribution < 1.29 is 9.53 Å². The van der Waals surface area contributed by atoms with Gasteiger partial charge in [0.2, 0.25) is 0 Å². The summed E-state index contributed by atoms with van der Waals surface area (Å²) in [4.78, 5) is 14.9. The fourth-order valence-corrected chi connectivity index (χ4v) is 3.62. The molecule has 0 saturated carbocycles. The molecule has 1 N–H and O–H groups in total. The number of rotatable bonds is 3. The summed E-state index contributed by atoms with van der Waals surface area (Å²) < 4.78 is 7.43. The van der Waals surface area contributed by atoms with Gasteiger partial charge in [-0.1, -0.05) is 29.8 Å². The zero-order chi connectivity index (χ0) is 18.8. The topological polar surface area (TPSA) is 46.5 Å². The molecule has 2 aromatic carbocycles. The molecule has 0 spiro atoms. The van der Waals surface area contributed by atoms with Gasteiger partial charge in [-0.15, -0.1) is 0 Å². The number of amides is 2. The summed E-state index contributed by atoms with van der Waals surface area (Å²) in [5.74, 6) is 0.703. The van der Waals surface area contributed by atoms with Crippen LogP contribution in [-0.2, 0) is 6.54 Å². The maximum atomic E-state index is 13.1. The Morgan fingerprint density at radius 3 is 2.70 bits per heavy atom. The molecule has 6 heteroatoms. The lowest BCUT2D eigenvalue weighted by Gasteiger charge is -2.37. The van der Waals surface area contributed by atoms with E-state index in [-0.39, 0.29) is 12.1 Å². The molecule has 2 heterocycles. The number of urea groups is 1. The molecule has 1 aliphatic rings. The second kappa shape index (κ2) is 7.37. The molecule has 27 heavy (non-hydrogen) atoms. The number of nitrogens with zero attached hydrogens (tertiary/aromatic N) is 2. The third kappa shape index (κ3) is 3.51. The highest BCUT2D eigenvalue weighted by Gasteiger charge is 2.32. The number of benzene rings is 2. The SMILES string of the molecule is COc1cccc(NC(=O)N2CCn3cccc3C2c2ccc(Cl)cc2)c1. The molecule has 0 saturated heterocycles. The van der Waals surface area contributed by atoms with E-state index in [0.717, 1.165) is 17.8 Å². The molecule has 1 aliphatic heterocycles. The molecule has 0 aliphatic carbocycles. The summed E-state index contributed by atoms with van der Waals surface area (Å²) in [6.07, 6.45) is 2.05. The molecule has 5 nitrogen and oxygen atoms in total. The number of hydrogen-bond acceptors (Lipinski definition) is 2. The van der Waals surface area contributed by atoms with Crippen LogP contribution in [0.5, 0.6) is 5.75 Å². The van der Waals surface area contributed by atoms with Crippen LogP contribution in [0.15, 0.2) is 66.9 Å². The van der Waals surface area contributed by atoms with Crippen LogP contribution in [0.1, 0.15) is 17.3 Å². The number of halogens is 1. The first kappa shape index (κ1) is 17.5. The minimum atomic E-state index is -0.170. The van der Waals surface area contributed by atoms with Crippen molar-refractivity contribution >= 4 is 23.3 Å². The van der Waals surface area contributed by atoms with Crippen molar-refractivity contribution in [2.75, 3.05) is 19.0 Å². The zero-order valence-corrected chi connectivity index (χ0v) is 15.7. The molecule has 2 amide bonds. The Kier molecular flexibility index (Phi) is 4.77. The Bertz CT molecular complexity index is 952. The fraction of sp³-hybridized carbons (Fsp3) is 0.190. The molecule has 0 bridgehead atoms. The summed E-state index contributed by atoms with van der Waals surface area (Å²) in [5, 5.41) is 3.67. The van der Waals surface area contributed by atoms with Crippen molar-refractivity contribution in [3.05, 3.63) is 83.1 Å². The zero-order valence-electron chi connectivity index (χ0n) is 14.9. The number of fused-ring (bicyclic) bond motifs is 1. The average molecular weight is 382 g/mol. The van der Waals surface area contributed by atoms with Gasteiger partial charge in [-0.2, -0.15) is 0 Å². The molecular weight excluding hydrogens is 362 g/mol.